The molecule has 0 saturated heterocycles. The van der Waals surface area contributed by atoms with E-state index in [0.717, 1.165) is 25.1 Å². The maximum Gasteiger partial charge on any atom is 0.0223 e. The molecule has 17 heavy (non-hydrogen) atoms. The van der Waals surface area contributed by atoms with Crippen molar-refractivity contribution in [1.29, 1.82) is 0 Å². The van der Waals surface area contributed by atoms with Crippen LogP contribution in [0.5, 0.6) is 0 Å². The van der Waals surface area contributed by atoms with E-state index < -0.39 is 0 Å². The summed E-state index contributed by atoms with van der Waals surface area (Å²) in [5.41, 5.74) is 0. The molecule has 0 fully saturated rings. The van der Waals surface area contributed by atoms with Gasteiger partial charge in [-0.15, -0.1) is 23.4 Å². The van der Waals surface area contributed by atoms with Gasteiger partial charge in [0.2, 0.25) is 0 Å². The third kappa shape index (κ3) is 15.9. The molecular weight excluding hydrogens is 228 g/mol. The van der Waals surface area contributed by atoms with Crippen LogP contribution in [0.15, 0.2) is 0 Å². The fraction of sp³-hybridized carbons (Fsp3) is 0.875. The first kappa shape index (κ1) is 16.9. The van der Waals surface area contributed by atoms with Crippen LogP contribution in [-0.2, 0) is 0 Å². The monoisotopic (exact) mass is 256 g/mol. The highest BCUT2D eigenvalue weighted by Gasteiger charge is 1.88. The van der Waals surface area contributed by atoms with Gasteiger partial charge in [0.15, 0.2) is 0 Å². The number of alkyl halides is 1. The van der Waals surface area contributed by atoms with Crippen LogP contribution < -0.4 is 0 Å². The second-order valence-electron chi connectivity index (χ2n) is 4.72. The molecule has 0 aromatic rings. The molecule has 0 rings (SSSR count). The van der Waals surface area contributed by atoms with Gasteiger partial charge in [0.1, 0.15) is 0 Å². The van der Waals surface area contributed by atoms with E-state index in [0.29, 0.717) is 0 Å². The quantitative estimate of drug-likeness (QED) is 0.244. The Labute approximate surface area is 114 Å². The van der Waals surface area contributed by atoms with Gasteiger partial charge in [-0.1, -0.05) is 51.9 Å². The van der Waals surface area contributed by atoms with Crippen LogP contribution in [-0.4, -0.2) is 5.88 Å². The normalized spacial score (nSPS) is 10.0. The summed E-state index contributed by atoms with van der Waals surface area (Å²) in [6.45, 7) is 2.26. The van der Waals surface area contributed by atoms with Crippen LogP contribution in [0.1, 0.15) is 84.0 Å². The fourth-order valence-corrected chi connectivity index (χ4v) is 2.02. The van der Waals surface area contributed by atoms with Gasteiger partial charge in [0, 0.05) is 18.7 Å². The van der Waals surface area contributed by atoms with Crippen molar-refractivity contribution in [2.45, 2.75) is 84.0 Å². The molecule has 0 nitrogen and oxygen atoms in total. The SMILES string of the molecule is CCCCCCCCC#CCCCCCCCl. The van der Waals surface area contributed by atoms with Crippen LogP contribution in [0.3, 0.4) is 0 Å². The molecule has 0 saturated carbocycles. The van der Waals surface area contributed by atoms with Crippen LogP contribution in [0.4, 0.5) is 0 Å². The van der Waals surface area contributed by atoms with Crippen molar-refractivity contribution in [2.75, 3.05) is 5.88 Å². The minimum atomic E-state index is 0.809. The summed E-state index contributed by atoms with van der Waals surface area (Å²) in [5, 5.41) is 0. The summed E-state index contributed by atoms with van der Waals surface area (Å²) >= 11 is 5.62. The van der Waals surface area contributed by atoms with Crippen LogP contribution >= 0.6 is 11.6 Å². The maximum atomic E-state index is 5.62. The molecule has 0 bridgehead atoms. The lowest BCUT2D eigenvalue weighted by Gasteiger charge is -1.96. The third-order valence-electron chi connectivity index (χ3n) is 2.97. The molecule has 0 aromatic heterocycles. The van der Waals surface area contributed by atoms with Gasteiger partial charge < -0.3 is 0 Å². The molecule has 0 radical (unpaired) electrons. The van der Waals surface area contributed by atoms with Crippen molar-refractivity contribution in [2.24, 2.45) is 0 Å². The van der Waals surface area contributed by atoms with E-state index in [1.54, 1.807) is 0 Å². The third-order valence-corrected chi connectivity index (χ3v) is 3.23. The smallest absolute Gasteiger partial charge is 0.0223 e. The molecule has 0 aliphatic heterocycles. The largest absolute Gasteiger partial charge is 0.127 e. The summed E-state index contributed by atoms with van der Waals surface area (Å²) < 4.78 is 0. The predicted molar refractivity (Wildman–Crippen MR) is 79.6 cm³/mol. The summed E-state index contributed by atoms with van der Waals surface area (Å²) in [6.07, 6.45) is 15.4. The van der Waals surface area contributed by atoms with Gasteiger partial charge in [0.05, 0.1) is 0 Å². The highest BCUT2D eigenvalue weighted by Crippen LogP contribution is 2.06. The lowest BCUT2D eigenvalue weighted by Crippen LogP contribution is -1.79. The number of unbranched alkanes of at least 4 members (excludes halogenated alkanes) is 10. The standard InChI is InChI=1S/C16H29Cl/c1-2-3-4-5-6-7-8-9-10-11-12-13-14-15-16-17/h2-8,11-16H2,1H3. The van der Waals surface area contributed by atoms with Crippen molar-refractivity contribution in [1.82, 2.24) is 0 Å². The summed E-state index contributed by atoms with van der Waals surface area (Å²) in [4.78, 5) is 0. The van der Waals surface area contributed by atoms with Crippen LogP contribution in [0, 0.1) is 11.8 Å². The summed E-state index contributed by atoms with van der Waals surface area (Å²) in [5.74, 6) is 7.38. The molecular formula is C16H29Cl. The molecule has 0 aliphatic rings. The predicted octanol–water partition coefficient (Wildman–Crippen LogP) is 5.93. The maximum absolute atomic E-state index is 5.62. The van der Waals surface area contributed by atoms with Crippen molar-refractivity contribution in [3.8, 4) is 11.8 Å². The van der Waals surface area contributed by atoms with Crippen LogP contribution in [0.25, 0.3) is 0 Å². The van der Waals surface area contributed by atoms with Gasteiger partial charge >= 0.3 is 0 Å². The molecule has 0 aromatic carbocycles. The van der Waals surface area contributed by atoms with Gasteiger partial charge in [-0.25, -0.2) is 0 Å². The van der Waals surface area contributed by atoms with Crippen LogP contribution in [0.2, 0.25) is 0 Å². The number of rotatable bonds is 11. The van der Waals surface area contributed by atoms with E-state index in [4.69, 9.17) is 11.6 Å². The fourth-order valence-electron chi connectivity index (χ4n) is 1.83. The highest BCUT2D eigenvalue weighted by atomic mass is 35.5. The molecule has 1 heteroatoms. The van der Waals surface area contributed by atoms with E-state index in [-0.39, 0.29) is 0 Å². The Balaban J connectivity index is 3.04. The topological polar surface area (TPSA) is 0 Å². The first-order valence-corrected chi connectivity index (χ1v) is 7.97. The molecule has 100 valence electrons. The molecule has 0 unspecified atom stereocenters. The molecule has 0 N–H and O–H groups in total. The summed E-state index contributed by atoms with van der Waals surface area (Å²) in [6, 6.07) is 0. The first-order chi connectivity index (χ1) is 8.41. The average molecular weight is 257 g/mol. The molecule has 0 atom stereocenters. The van der Waals surface area contributed by atoms with E-state index in [1.165, 1.54) is 57.8 Å². The van der Waals surface area contributed by atoms with E-state index >= 15 is 0 Å². The van der Waals surface area contributed by atoms with Gasteiger partial charge in [-0.3, -0.25) is 0 Å². The van der Waals surface area contributed by atoms with E-state index in [1.807, 2.05) is 0 Å². The molecule has 0 amide bonds. The Morgan fingerprint density at radius 3 is 1.65 bits per heavy atom. The minimum absolute atomic E-state index is 0.809. The zero-order chi connectivity index (χ0) is 12.6. The minimum Gasteiger partial charge on any atom is -0.127 e. The molecule has 0 aliphatic carbocycles. The molecule has 0 heterocycles. The molecule has 0 spiro atoms. The lowest BCUT2D eigenvalue weighted by atomic mass is 10.1. The lowest BCUT2D eigenvalue weighted by molar-refractivity contribution is 0.613. The Bertz CT molecular complexity index is 187. The van der Waals surface area contributed by atoms with Crippen molar-refractivity contribution in [3.05, 3.63) is 0 Å². The number of hydrogen-bond acceptors (Lipinski definition) is 0. The highest BCUT2D eigenvalue weighted by molar-refractivity contribution is 6.17. The Morgan fingerprint density at radius 2 is 1.12 bits per heavy atom. The zero-order valence-electron chi connectivity index (χ0n) is 11.6. The first-order valence-electron chi connectivity index (χ1n) is 7.43. The zero-order valence-corrected chi connectivity index (χ0v) is 12.3. The second-order valence-corrected chi connectivity index (χ2v) is 5.10. The van der Waals surface area contributed by atoms with Crippen molar-refractivity contribution < 1.29 is 0 Å². The Kier molecular flexibility index (Phi) is 15.7. The van der Waals surface area contributed by atoms with Gasteiger partial charge in [0.25, 0.3) is 0 Å². The van der Waals surface area contributed by atoms with E-state index in [2.05, 4.69) is 18.8 Å². The van der Waals surface area contributed by atoms with Crippen molar-refractivity contribution >= 4 is 11.6 Å². The van der Waals surface area contributed by atoms with Crippen molar-refractivity contribution in [3.63, 3.8) is 0 Å². The van der Waals surface area contributed by atoms with Gasteiger partial charge in [-0.05, 0) is 19.3 Å². The average Bonchev–Trinajstić information content (AvgIpc) is 2.35. The van der Waals surface area contributed by atoms with Gasteiger partial charge in [-0.2, -0.15) is 0 Å². The van der Waals surface area contributed by atoms with E-state index in [9.17, 15) is 0 Å². The summed E-state index contributed by atoms with van der Waals surface area (Å²) in [7, 11) is 0. The Hall–Kier alpha value is -0.150. The number of hydrogen-bond donors (Lipinski definition) is 0. The Morgan fingerprint density at radius 1 is 0.647 bits per heavy atom. The number of halogens is 1. The second kappa shape index (κ2) is 15.9.